The number of benzene rings is 1. The van der Waals surface area contributed by atoms with E-state index in [2.05, 4.69) is 0 Å². The number of amides is 1. The quantitative estimate of drug-likeness (QED) is 0.556. The van der Waals surface area contributed by atoms with E-state index in [0.717, 1.165) is 22.4 Å². The van der Waals surface area contributed by atoms with Gasteiger partial charge in [0.1, 0.15) is 24.0 Å². The summed E-state index contributed by atoms with van der Waals surface area (Å²) in [6.07, 6.45) is -0.175. The van der Waals surface area contributed by atoms with Crippen LogP contribution in [0.1, 0.15) is 15.9 Å². The monoisotopic (exact) mass is 347 g/mol. The maximum absolute atomic E-state index is 12.1. The molecular weight excluding hydrogens is 330 g/mol. The number of aryl methyl sites for hydroxylation is 1. The first kappa shape index (κ1) is 18.1. The Morgan fingerprint density at radius 1 is 1.40 bits per heavy atom. The van der Waals surface area contributed by atoms with Crippen molar-refractivity contribution in [3.05, 3.63) is 68.1 Å². The number of ether oxygens (including phenoxy) is 1. The third-order valence-corrected chi connectivity index (χ3v) is 3.42. The molecule has 0 saturated heterocycles. The van der Waals surface area contributed by atoms with E-state index in [1.807, 2.05) is 19.1 Å². The minimum Gasteiger partial charge on any atom is -0.491 e. The van der Waals surface area contributed by atoms with Crippen molar-refractivity contribution in [2.75, 3.05) is 6.61 Å². The summed E-state index contributed by atoms with van der Waals surface area (Å²) in [6.45, 7) is 1.50. The lowest BCUT2D eigenvalue weighted by Crippen LogP contribution is -2.34. The van der Waals surface area contributed by atoms with Gasteiger partial charge in [0, 0.05) is 6.07 Å². The van der Waals surface area contributed by atoms with Gasteiger partial charge in [-0.15, -0.1) is 0 Å². The third kappa shape index (κ3) is 4.64. The average Bonchev–Trinajstić information content (AvgIpc) is 2.55. The van der Waals surface area contributed by atoms with E-state index in [1.165, 1.54) is 0 Å². The van der Waals surface area contributed by atoms with Crippen LogP contribution in [0.25, 0.3) is 0 Å². The Kier molecular flexibility index (Phi) is 5.50. The van der Waals surface area contributed by atoms with Gasteiger partial charge in [0.2, 0.25) is 0 Å². The van der Waals surface area contributed by atoms with Crippen LogP contribution >= 0.6 is 0 Å². The van der Waals surface area contributed by atoms with E-state index in [-0.39, 0.29) is 13.2 Å². The maximum atomic E-state index is 12.1. The van der Waals surface area contributed by atoms with Crippen LogP contribution in [0.15, 0.2) is 41.3 Å². The predicted molar refractivity (Wildman–Crippen MR) is 88.6 cm³/mol. The number of rotatable bonds is 7. The summed E-state index contributed by atoms with van der Waals surface area (Å²) >= 11 is 0. The molecule has 0 fully saturated rings. The van der Waals surface area contributed by atoms with Gasteiger partial charge in [-0.2, -0.15) is 0 Å². The summed E-state index contributed by atoms with van der Waals surface area (Å²) in [5.41, 5.74) is 4.32. The number of pyridine rings is 1. The van der Waals surface area contributed by atoms with Crippen molar-refractivity contribution in [1.82, 2.24) is 4.57 Å². The molecule has 0 aliphatic rings. The molecule has 1 heterocycles. The molecular formula is C16H17N3O6. The molecule has 1 amide bonds. The van der Waals surface area contributed by atoms with Gasteiger partial charge in [-0.25, -0.2) is 0 Å². The topological polar surface area (TPSA) is 138 Å². The highest BCUT2D eigenvalue weighted by molar-refractivity contribution is 5.92. The molecule has 9 heteroatoms. The predicted octanol–water partition coefficient (Wildman–Crippen LogP) is 0.604. The van der Waals surface area contributed by atoms with Crippen molar-refractivity contribution in [3.8, 4) is 5.75 Å². The summed E-state index contributed by atoms with van der Waals surface area (Å²) in [7, 11) is 0. The van der Waals surface area contributed by atoms with Gasteiger partial charge in [0.25, 0.3) is 17.2 Å². The molecule has 1 aromatic carbocycles. The van der Waals surface area contributed by atoms with E-state index >= 15 is 0 Å². The molecule has 0 saturated carbocycles. The largest absolute Gasteiger partial charge is 0.491 e. The fourth-order valence-corrected chi connectivity index (χ4v) is 2.14. The second kappa shape index (κ2) is 7.58. The molecule has 1 atom stereocenters. The Labute approximate surface area is 142 Å². The van der Waals surface area contributed by atoms with Gasteiger partial charge in [0.05, 0.1) is 17.7 Å². The van der Waals surface area contributed by atoms with Crippen molar-refractivity contribution < 1.29 is 19.6 Å². The van der Waals surface area contributed by atoms with Gasteiger partial charge in [-0.1, -0.05) is 17.7 Å². The fraction of sp³-hybridized carbons (Fsp3) is 0.250. The van der Waals surface area contributed by atoms with Crippen LogP contribution < -0.4 is 16.0 Å². The number of nitro groups is 1. The normalized spacial score (nSPS) is 11.8. The van der Waals surface area contributed by atoms with Gasteiger partial charge < -0.3 is 20.1 Å². The summed E-state index contributed by atoms with van der Waals surface area (Å²) < 4.78 is 6.28. The van der Waals surface area contributed by atoms with Crippen LogP contribution in [0.4, 0.5) is 5.69 Å². The van der Waals surface area contributed by atoms with Gasteiger partial charge >= 0.3 is 0 Å². The van der Waals surface area contributed by atoms with Crippen LogP contribution in [-0.4, -0.2) is 33.2 Å². The number of carbonyl (C=O) groups excluding carboxylic acids is 1. The maximum Gasteiger partial charge on any atom is 0.286 e. The number of hydrogen-bond donors (Lipinski definition) is 2. The summed E-state index contributed by atoms with van der Waals surface area (Å²) in [5.74, 6) is -0.540. The van der Waals surface area contributed by atoms with Crippen molar-refractivity contribution in [2.45, 2.75) is 19.6 Å². The van der Waals surface area contributed by atoms with Gasteiger partial charge in [-0.3, -0.25) is 19.7 Å². The Bertz CT molecular complexity index is 844. The Hall–Kier alpha value is -3.20. The lowest BCUT2D eigenvalue weighted by Gasteiger charge is -2.14. The van der Waals surface area contributed by atoms with Crippen LogP contribution in [0.2, 0.25) is 0 Å². The molecule has 0 aliphatic carbocycles. The highest BCUT2D eigenvalue weighted by Gasteiger charge is 2.19. The molecule has 2 rings (SSSR count). The number of carbonyl (C=O) groups is 1. The Morgan fingerprint density at radius 3 is 2.60 bits per heavy atom. The first-order valence-corrected chi connectivity index (χ1v) is 7.34. The number of primary amides is 1. The third-order valence-electron chi connectivity index (χ3n) is 3.42. The molecule has 0 aliphatic heterocycles. The summed E-state index contributed by atoms with van der Waals surface area (Å²) in [6, 6.07) is 7.95. The first-order chi connectivity index (χ1) is 11.8. The van der Waals surface area contributed by atoms with Crippen molar-refractivity contribution in [3.63, 3.8) is 0 Å². The lowest BCUT2D eigenvalue weighted by atomic mass is 10.2. The van der Waals surface area contributed by atoms with Crippen LogP contribution in [0, 0.1) is 17.0 Å². The standard InChI is InChI=1S/C16H17N3O6/c1-10-2-4-13(5-3-10)25-9-12(20)8-18-7-11(19(23)24)6-14(15(17)21)16(18)22/h2-7,12,20H,8-9H2,1H3,(H2,17,21)/t12-/m0/s1. The molecule has 132 valence electrons. The van der Waals surface area contributed by atoms with E-state index in [4.69, 9.17) is 10.5 Å². The number of aliphatic hydroxyl groups excluding tert-OH is 1. The van der Waals surface area contributed by atoms with Crippen molar-refractivity contribution in [1.29, 1.82) is 0 Å². The first-order valence-electron chi connectivity index (χ1n) is 7.34. The van der Waals surface area contributed by atoms with E-state index in [0.29, 0.717) is 5.75 Å². The summed E-state index contributed by atoms with van der Waals surface area (Å²) in [4.78, 5) is 33.6. The van der Waals surface area contributed by atoms with Gasteiger partial charge in [0.15, 0.2) is 0 Å². The van der Waals surface area contributed by atoms with E-state index in [1.54, 1.807) is 12.1 Å². The SMILES string of the molecule is Cc1ccc(OC[C@@H](O)Cn2cc([N+](=O)[O-])cc(C(N)=O)c2=O)cc1. The van der Waals surface area contributed by atoms with Crippen LogP contribution in [0.3, 0.4) is 0 Å². The second-order valence-corrected chi connectivity index (χ2v) is 5.47. The molecule has 3 N–H and O–H groups in total. The zero-order valence-electron chi connectivity index (χ0n) is 13.4. The lowest BCUT2D eigenvalue weighted by molar-refractivity contribution is -0.385. The Morgan fingerprint density at radius 2 is 2.04 bits per heavy atom. The number of aromatic nitrogens is 1. The molecule has 0 radical (unpaired) electrons. The molecule has 0 bridgehead atoms. The highest BCUT2D eigenvalue weighted by atomic mass is 16.6. The highest BCUT2D eigenvalue weighted by Crippen LogP contribution is 2.13. The zero-order valence-corrected chi connectivity index (χ0v) is 13.4. The Balaban J connectivity index is 2.15. The smallest absolute Gasteiger partial charge is 0.286 e. The van der Waals surface area contributed by atoms with Crippen LogP contribution in [0.5, 0.6) is 5.75 Å². The molecule has 0 unspecified atom stereocenters. The van der Waals surface area contributed by atoms with Crippen LogP contribution in [-0.2, 0) is 6.54 Å². The fourth-order valence-electron chi connectivity index (χ4n) is 2.14. The zero-order chi connectivity index (χ0) is 18.6. The molecule has 9 nitrogen and oxygen atoms in total. The van der Waals surface area contributed by atoms with Crippen molar-refractivity contribution >= 4 is 11.6 Å². The van der Waals surface area contributed by atoms with Gasteiger partial charge in [-0.05, 0) is 19.1 Å². The molecule has 2 aromatic rings. The number of nitrogens with zero attached hydrogens (tertiary/aromatic N) is 2. The number of nitrogens with two attached hydrogens (primary N) is 1. The van der Waals surface area contributed by atoms with E-state index < -0.39 is 33.7 Å². The number of hydrogen-bond acceptors (Lipinski definition) is 6. The molecule has 1 aromatic heterocycles. The minimum atomic E-state index is -1.12. The average molecular weight is 347 g/mol. The summed E-state index contributed by atoms with van der Waals surface area (Å²) in [5, 5.41) is 20.9. The molecule has 25 heavy (non-hydrogen) atoms. The molecule has 0 spiro atoms. The minimum absolute atomic E-state index is 0.135. The number of aliphatic hydroxyl groups is 1. The second-order valence-electron chi connectivity index (χ2n) is 5.47. The van der Waals surface area contributed by atoms with Crippen molar-refractivity contribution in [2.24, 2.45) is 5.73 Å². The van der Waals surface area contributed by atoms with E-state index in [9.17, 15) is 24.8 Å².